The molecule has 2 aromatic heterocycles. The Morgan fingerprint density at radius 1 is 1.04 bits per heavy atom. The van der Waals surface area contributed by atoms with Gasteiger partial charge in [0, 0.05) is 35.6 Å². The van der Waals surface area contributed by atoms with Crippen LogP contribution in [0.4, 0.5) is 0 Å². The van der Waals surface area contributed by atoms with Gasteiger partial charge in [0.1, 0.15) is 0 Å². The molecule has 2 aromatic carbocycles. The summed E-state index contributed by atoms with van der Waals surface area (Å²) in [7, 11) is -1.89. The molecule has 4 rings (SSSR count). The number of rotatable bonds is 3. The summed E-state index contributed by atoms with van der Waals surface area (Å²) in [6, 6.07) is 13.2. The fourth-order valence-electron chi connectivity index (χ4n) is 3.47. The van der Waals surface area contributed by atoms with Crippen molar-refractivity contribution in [3.05, 3.63) is 66.2 Å². The SMILES string of the molecule is Cc1ccc(-n2c(C)c(-c3cn(C)cn3)c3cc(S(N)(=O)=O)ccc32)cc1. The Morgan fingerprint density at radius 3 is 2.33 bits per heavy atom. The third-order valence-electron chi connectivity index (χ3n) is 4.76. The van der Waals surface area contributed by atoms with Gasteiger partial charge < -0.3 is 9.13 Å². The molecule has 6 nitrogen and oxygen atoms in total. The summed E-state index contributed by atoms with van der Waals surface area (Å²) < 4.78 is 27.7. The summed E-state index contributed by atoms with van der Waals surface area (Å²) >= 11 is 0. The largest absolute Gasteiger partial charge is 0.340 e. The third-order valence-corrected chi connectivity index (χ3v) is 5.67. The number of benzene rings is 2. The molecule has 0 spiro atoms. The molecule has 27 heavy (non-hydrogen) atoms. The monoisotopic (exact) mass is 380 g/mol. The standard InChI is InChI=1S/C20H20N4O2S/c1-13-4-6-15(7-5-13)24-14(2)20(18-11-23(3)12-22-18)17-10-16(27(21,25)26)8-9-19(17)24/h4-12H,1-3H3,(H2,21,25,26). The van der Waals surface area contributed by atoms with E-state index in [0.29, 0.717) is 0 Å². The van der Waals surface area contributed by atoms with E-state index in [0.717, 1.165) is 33.5 Å². The van der Waals surface area contributed by atoms with E-state index in [1.165, 1.54) is 5.56 Å². The zero-order chi connectivity index (χ0) is 19.3. The number of aryl methyl sites for hydroxylation is 2. The first-order valence-electron chi connectivity index (χ1n) is 8.49. The lowest BCUT2D eigenvalue weighted by molar-refractivity contribution is 0.598. The second-order valence-electron chi connectivity index (χ2n) is 6.78. The zero-order valence-electron chi connectivity index (χ0n) is 15.3. The van der Waals surface area contributed by atoms with Crippen LogP contribution in [0.1, 0.15) is 11.3 Å². The molecule has 0 radical (unpaired) electrons. The van der Waals surface area contributed by atoms with Gasteiger partial charge in [0.2, 0.25) is 10.0 Å². The summed E-state index contributed by atoms with van der Waals surface area (Å²) in [6.07, 6.45) is 3.65. The first kappa shape index (κ1) is 17.5. The van der Waals surface area contributed by atoms with Crippen molar-refractivity contribution in [2.75, 3.05) is 0 Å². The van der Waals surface area contributed by atoms with Crippen LogP contribution in [0.2, 0.25) is 0 Å². The van der Waals surface area contributed by atoms with E-state index < -0.39 is 10.0 Å². The molecule has 0 saturated heterocycles. The van der Waals surface area contributed by atoms with Crippen molar-refractivity contribution in [2.45, 2.75) is 18.7 Å². The van der Waals surface area contributed by atoms with Crippen LogP contribution in [0, 0.1) is 13.8 Å². The molecule has 2 N–H and O–H groups in total. The van der Waals surface area contributed by atoms with Gasteiger partial charge in [0.15, 0.2) is 0 Å². The fraction of sp³-hybridized carbons (Fsp3) is 0.150. The number of aromatic nitrogens is 3. The maximum absolute atomic E-state index is 11.9. The van der Waals surface area contributed by atoms with E-state index in [-0.39, 0.29) is 4.90 Å². The Balaban J connectivity index is 2.10. The summed E-state index contributed by atoms with van der Waals surface area (Å²) in [6.45, 7) is 4.06. The maximum atomic E-state index is 11.9. The molecule has 0 unspecified atom stereocenters. The van der Waals surface area contributed by atoms with Crippen LogP contribution in [-0.4, -0.2) is 22.5 Å². The molecule has 0 amide bonds. The molecular weight excluding hydrogens is 360 g/mol. The number of hydrogen-bond acceptors (Lipinski definition) is 3. The van der Waals surface area contributed by atoms with Gasteiger partial charge in [-0.3, -0.25) is 0 Å². The molecule has 7 heteroatoms. The Hall–Kier alpha value is -2.90. The minimum absolute atomic E-state index is 0.0910. The first-order valence-corrected chi connectivity index (χ1v) is 10.0. The number of sulfonamides is 1. The minimum atomic E-state index is -3.80. The fourth-order valence-corrected chi connectivity index (χ4v) is 4.01. The average molecular weight is 380 g/mol. The van der Waals surface area contributed by atoms with Crippen molar-refractivity contribution in [3.8, 4) is 16.9 Å². The van der Waals surface area contributed by atoms with Crippen LogP contribution in [0.3, 0.4) is 0 Å². The molecule has 0 aliphatic carbocycles. The highest BCUT2D eigenvalue weighted by Crippen LogP contribution is 2.36. The molecule has 0 saturated carbocycles. The van der Waals surface area contributed by atoms with Crippen LogP contribution in [-0.2, 0) is 17.1 Å². The molecule has 0 atom stereocenters. The number of nitrogens with zero attached hydrogens (tertiary/aromatic N) is 3. The quantitative estimate of drug-likeness (QED) is 0.592. The molecule has 0 bridgehead atoms. The second-order valence-corrected chi connectivity index (χ2v) is 8.34. The highest BCUT2D eigenvalue weighted by atomic mass is 32.2. The summed E-state index contributed by atoms with van der Waals surface area (Å²) in [5.41, 5.74) is 5.76. The number of primary sulfonamides is 1. The smallest absolute Gasteiger partial charge is 0.238 e. The van der Waals surface area contributed by atoms with Gasteiger partial charge in [-0.15, -0.1) is 0 Å². The van der Waals surface area contributed by atoms with E-state index in [9.17, 15) is 8.42 Å². The lowest BCUT2D eigenvalue weighted by atomic mass is 10.1. The van der Waals surface area contributed by atoms with Crippen molar-refractivity contribution in [1.82, 2.24) is 14.1 Å². The van der Waals surface area contributed by atoms with Crippen LogP contribution < -0.4 is 5.14 Å². The van der Waals surface area contributed by atoms with E-state index in [1.807, 2.05) is 31.7 Å². The van der Waals surface area contributed by atoms with E-state index >= 15 is 0 Å². The molecule has 138 valence electrons. The van der Waals surface area contributed by atoms with Crippen molar-refractivity contribution < 1.29 is 8.42 Å². The number of nitrogens with two attached hydrogens (primary N) is 1. The van der Waals surface area contributed by atoms with Crippen LogP contribution in [0.5, 0.6) is 0 Å². The molecule has 2 heterocycles. The third kappa shape index (κ3) is 2.94. The van der Waals surface area contributed by atoms with Gasteiger partial charge in [-0.25, -0.2) is 18.5 Å². The lowest BCUT2D eigenvalue weighted by Gasteiger charge is -2.09. The van der Waals surface area contributed by atoms with Crippen LogP contribution in [0.25, 0.3) is 27.8 Å². The molecule has 0 aliphatic rings. The predicted octanol–water partition coefficient (Wildman–Crippen LogP) is 3.30. The summed E-state index contributed by atoms with van der Waals surface area (Å²) in [5, 5.41) is 6.16. The van der Waals surface area contributed by atoms with Gasteiger partial charge >= 0.3 is 0 Å². The Kier molecular flexibility index (Phi) is 3.94. The topological polar surface area (TPSA) is 82.9 Å². The predicted molar refractivity (Wildman–Crippen MR) is 106 cm³/mol. The highest BCUT2D eigenvalue weighted by Gasteiger charge is 2.20. The number of hydrogen-bond donors (Lipinski definition) is 1. The molecule has 4 aromatic rings. The molecular formula is C20H20N4O2S. The first-order chi connectivity index (χ1) is 12.8. The highest BCUT2D eigenvalue weighted by molar-refractivity contribution is 7.89. The van der Waals surface area contributed by atoms with Gasteiger partial charge in [0.05, 0.1) is 22.4 Å². The van der Waals surface area contributed by atoms with Crippen LogP contribution in [0.15, 0.2) is 59.9 Å². The van der Waals surface area contributed by atoms with Gasteiger partial charge in [-0.2, -0.15) is 0 Å². The minimum Gasteiger partial charge on any atom is -0.340 e. The van der Waals surface area contributed by atoms with Crippen molar-refractivity contribution in [2.24, 2.45) is 12.2 Å². The lowest BCUT2D eigenvalue weighted by Crippen LogP contribution is -2.11. The summed E-state index contributed by atoms with van der Waals surface area (Å²) in [5.74, 6) is 0. The molecule has 0 aliphatic heterocycles. The van der Waals surface area contributed by atoms with Crippen molar-refractivity contribution in [3.63, 3.8) is 0 Å². The van der Waals surface area contributed by atoms with Gasteiger partial charge in [-0.1, -0.05) is 17.7 Å². The van der Waals surface area contributed by atoms with E-state index in [4.69, 9.17) is 5.14 Å². The van der Waals surface area contributed by atoms with Gasteiger partial charge in [-0.05, 0) is 44.2 Å². The van der Waals surface area contributed by atoms with E-state index in [2.05, 4.69) is 33.8 Å². The Labute approximate surface area is 157 Å². The van der Waals surface area contributed by atoms with Gasteiger partial charge in [0.25, 0.3) is 0 Å². The summed E-state index contributed by atoms with van der Waals surface area (Å²) in [4.78, 5) is 4.57. The van der Waals surface area contributed by atoms with Crippen molar-refractivity contribution in [1.29, 1.82) is 0 Å². The average Bonchev–Trinajstić information content (AvgIpc) is 3.14. The normalized spacial score (nSPS) is 12.0. The van der Waals surface area contributed by atoms with E-state index in [1.54, 1.807) is 24.5 Å². The van der Waals surface area contributed by atoms with Crippen LogP contribution >= 0.6 is 0 Å². The Morgan fingerprint density at radius 2 is 1.74 bits per heavy atom. The maximum Gasteiger partial charge on any atom is 0.238 e. The second kappa shape index (κ2) is 6.07. The van der Waals surface area contributed by atoms with Crippen molar-refractivity contribution >= 4 is 20.9 Å². The zero-order valence-corrected chi connectivity index (χ0v) is 16.2. The number of fused-ring (bicyclic) bond motifs is 1. The number of imidazole rings is 1. The molecule has 0 fully saturated rings. The Bertz CT molecular complexity index is 1270.